The molecular formula is C11H10F2O3. The van der Waals surface area contributed by atoms with E-state index in [-0.39, 0.29) is 5.56 Å². The summed E-state index contributed by atoms with van der Waals surface area (Å²) in [5.41, 5.74) is 0.780. The zero-order chi connectivity index (χ0) is 11.7. The van der Waals surface area contributed by atoms with Crippen LogP contribution in [-0.2, 0) is 17.6 Å². The molecule has 1 unspecified atom stereocenters. The molecule has 1 aromatic carbocycles. The molecule has 2 rings (SSSR count). The second-order valence-corrected chi connectivity index (χ2v) is 3.66. The van der Waals surface area contributed by atoms with E-state index >= 15 is 0 Å². The Bertz CT molecular complexity index is 431. The van der Waals surface area contributed by atoms with E-state index in [1.165, 1.54) is 12.1 Å². The number of carboxylic acid groups (broad SMARTS) is 1. The summed E-state index contributed by atoms with van der Waals surface area (Å²) < 4.78 is 31.6. The smallest absolute Gasteiger partial charge is 0.338 e. The van der Waals surface area contributed by atoms with Gasteiger partial charge in [-0.05, 0) is 17.7 Å². The summed E-state index contributed by atoms with van der Waals surface area (Å²) in [6, 6.07) is 2.67. The van der Waals surface area contributed by atoms with Crippen LogP contribution in [-0.4, -0.2) is 23.9 Å². The van der Waals surface area contributed by atoms with Crippen molar-refractivity contribution in [2.24, 2.45) is 0 Å². The van der Waals surface area contributed by atoms with Gasteiger partial charge in [-0.15, -0.1) is 0 Å². The van der Waals surface area contributed by atoms with Gasteiger partial charge in [-0.25, -0.2) is 13.6 Å². The van der Waals surface area contributed by atoms with Crippen LogP contribution in [0.4, 0.5) is 8.78 Å². The van der Waals surface area contributed by atoms with E-state index in [1.807, 2.05) is 0 Å². The fraction of sp³-hybridized carbons (Fsp3) is 0.364. The van der Waals surface area contributed by atoms with Gasteiger partial charge >= 0.3 is 5.97 Å². The number of alkyl halides is 1. The van der Waals surface area contributed by atoms with Gasteiger partial charge in [0.15, 0.2) is 0 Å². The van der Waals surface area contributed by atoms with E-state index in [0.717, 1.165) is 5.56 Å². The maximum absolute atomic E-state index is 13.5. The number of rotatable bonds is 3. The molecule has 1 aliphatic heterocycles. The van der Waals surface area contributed by atoms with E-state index < -0.39 is 24.4 Å². The molecule has 16 heavy (non-hydrogen) atoms. The van der Waals surface area contributed by atoms with Crippen molar-refractivity contribution in [1.82, 2.24) is 0 Å². The Morgan fingerprint density at radius 3 is 3.00 bits per heavy atom. The predicted octanol–water partition coefficient (Wildman–Crippen LogP) is 1.73. The van der Waals surface area contributed by atoms with Crippen LogP contribution in [0.15, 0.2) is 12.1 Å². The quantitative estimate of drug-likeness (QED) is 0.856. The fourth-order valence-electron chi connectivity index (χ4n) is 1.67. The maximum Gasteiger partial charge on any atom is 0.338 e. The third-order valence-corrected chi connectivity index (χ3v) is 2.53. The van der Waals surface area contributed by atoms with Crippen molar-refractivity contribution < 1.29 is 23.4 Å². The summed E-state index contributed by atoms with van der Waals surface area (Å²) >= 11 is 0. The normalized spacial score (nSPS) is 15.4. The second kappa shape index (κ2) is 4.08. The molecule has 1 heterocycles. The first-order chi connectivity index (χ1) is 7.58. The summed E-state index contributed by atoms with van der Waals surface area (Å²) in [6.07, 6.45) is -1.93. The molecule has 0 fully saturated rings. The number of hydrogen-bond acceptors (Lipinski definition) is 2. The minimum absolute atomic E-state index is 0.0375. The summed E-state index contributed by atoms with van der Waals surface area (Å²) in [4.78, 5) is 10.3. The lowest BCUT2D eigenvalue weighted by Crippen LogP contribution is -2.17. The highest BCUT2D eigenvalue weighted by Gasteiger charge is 2.21. The molecule has 1 atom stereocenters. The Kier molecular flexibility index (Phi) is 2.77. The minimum Gasteiger partial charge on any atom is -0.493 e. The van der Waals surface area contributed by atoms with Crippen LogP contribution in [0.5, 0.6) is 5.75 Å². The van der Waals surface area contributed by atoms with Gasteiger partial charge in [-0.2, -0.15) is 0 Å². The van der Waals surface area contributed by atoms with Crippen molar-refractivity contribution in [2.75, 3.05) is 6.61 Å². The van der Waals surface area contributed by atoms with Crippen LogP contribution in [0.2, 0.25) is 0 Å². The largest absolute Gasteiger partial charge is 0.493 e. The number of carboxylic acids is 1. The molecule has 1 aliphatic rings. The minimum atomic E-state index is -2.09. The fourth-order valence-corrected chi connectivity index (χ4v) is 1.67. The molecular weight excluding hydrogens is 218 g/mol. The van der Waals surface area contributed by atoms with Gasteiger partial charge in [0.2, 0.25) is 6.17 Å². The zero-order valence-corrected chi connectivity index (χ0v) is 8.37. The van der Waals surface area contributed by atoms with Crippen LogP contribution in [0.1, 0.15) is 11.1 Å². The van der Waals surface area contributed by atoms with Gasteiger partial charge in [0, 0.05) is 18.4 Å². The molecule has 0 bridgehead atoms. The van der Waals surface area contributed by atoms with E-state index in [1.54, 1.807) is 0 Å². The Hall–Kier alpha value is -1.65. The van der Waals surface area contributed by atoms with Crippen molar-refractivity contribution >= 4 is 5.97 Å². The predicted molar refractivity (Wildman–Crippen MR) is 51.8 cm³/mol. The highest BCUT2D eigenvalue weighted by Crippen LogP contribution is 2.28. The molecule has 5 heteroatoms. The highest BCUT2D eigenvalue weighted by atomic mass is 19.1. The molecule has 0 amide bonds. The van der Waals surface area contributed by atoms with Crippen LogP contribution < -0.4 is 4.74 Å². The van der Waals surface area contributed by atoms with Gasteiger partial charge in [0.25, 0.3) is 0 Å². The van der Waals surface area contributed by atoms with E-state index in [2.05, 4.69) is 0 Å². The second-order valence-electron chi connectivity index (χ2n) is 3.66. The lowest BCUT2D eigenvalue weighted by molar-refractivity contribution is -0.142. The Balaban J connectivity index is 2.25. The van der Waals surface area contributed by atoms with Crippen LogP contribution in [0, 0.1) is 5.82 Å². The SMILES string of the molecule is O=C(O)C(F)Cc1cc2c(cc1F)CCO2. The number of ether oxygens (including phenoxy) is 1. The molecule has 3 nitrogen and oxygen atoms in total. The average Bonchev–Trinajstić information content (AvgIpc) is 2.65. The number of hydrogen-bond donors (Lipinski definition) is 1. The molecule has 1 aromatic rings. The molecule has 0 saturated heterocycles. The van der Waals surface area contributed by atoms with Crippen LogP contribution in [0.3, 0.4) is 0 Å². The first-order valence-corrected chi connectivity index (χ1v) is 4.89. The van der Waals surface area contributed by atoms with Crippen LogP contribution >= 0.6 is 0 Å². The van der Waals surface area contributed by atoms with E-state index in [4.69, 9.17) is 9.84 Å². The van der Waals surface area contributed by atoms with Crippen molar-refractivity contribution in [3.05, 3.63) is 29.1 Å². The average molecular weight is 228 g/mol. The topological polar surface area (TPSA) is 46.5 Å². The molecule has 0 spiro atoms. The van der Waals surface area contributed by atoms with E-state index in [0.29, 0.717) is 18.8 Å². The Morgan fingerprint density at radius 1 is 1.56 bits per heavy atom. The maximum atomic E-state index is 13.5. The van der Waals surface area contributed by atoms with Crippen LogP contribution in [0.25, 0.3) is 0 Å². The lowest BCUT2D eigenvalue weighted by Gasteiger charge is -2.07. The monoisotopic (exact) mass is 228 g/mol. The summed E-state index contributed by atoms with van der Waals surface area (Å²) in [6.45, 7) is 0.482. The number of fused-ring (bicyclic) bond motifs is 1. The molecule has 1 N–H and O–H groups in total. The van der Waals surface area contributed by atoms with Crippen molar-refractivity contribution in [3.63, 3.8) is 0 Å². The van der Waals surface area contributed by atoms with Crippen molar-refractivity contribution in [2.45, 2.75) is 19.0 Å². The summed E-state index contributed by atoms with van der Waals surface area (Å²) in [7, 11) is 0. The molecule has 0 aliphatic carbocycles. The van der Waals surface area contributed by atoms with Gasteiger partial charge in [-0.3, -0.25) is 0 Å². The molecule has 86 valence electrons. The zero-order valence-electron chi connectivity index (χ0n) is 8.37. The lowest BCUT2D eigenvalue weighted by atomic mass is 10.0. The first kappa shape index (κ1) is 10.9. The van der Waals surface area contributed by atoms with Gasteiger partial charge in [-0.1, -0.05) is 0 Å². The summed E-state index contributed by atoms with van der Waals surface area (Å²) in [5.74, 6) is -1.64. The molecule has 0 saturated carbocycles. The number of halogens is 2. The number of benzene rings is 1. The Morgan fingerprint density at radius 2 is 2.31 bits per heavy atom. The van der Waals surface area contributed by atoms with Gasteiger partial charge < -0.3 is 9.84 Å². The summed E-state index contributed by atoms with van der Waals surface area (Å²) in [5, 5.41) is 8.40. The van der Waals surface area contributed by atoms with E-state index in [9.17, 15) is 13.6 Å². The van der Waals surface area contributed by atoms with Crippen molar-refractivity contribution in [3.8, 4) is 5.75 Å². The molecule has 0 aromatic heterocycles. The third-order valence-electron chi connectivity index (χ3n) is 2.53. The standard InChI is InChI=1S/C11H10F2O3/c12-8-3-6-1-2-16-10(6)5-7(8)4-9(13)11(14)15/h3,5,9H,1-2,4H2,(H,14,15). The highest BCUT2D eigenvalue weighted by molar-refractivity contribution is 5.72. The van der Waals surface area contributed by atoms with Gasteiger partial charge in [0.1, 0.15) is 11.6 Å². The Labute approximate surface area is 90.7 Å². The van der Waals surface area contributed by atoms with Crippen molar-refractivity contribution in [1.29, 1.82) is 0 Å². The van der Waals surface area contributed by atoms with Gasteiger partial charge in [0.05, 0.1) is 6.61 Å². The third kappa shape index (κ3) is 1.98. The molecule has 0 radical (unpaired) electrons. The number of aliphatic carboxylic acids is 1. The number of carbonyl (C=O) groups is 1. The first-order valence-electron chi connectivity index (χ1n) is 4.89.